The van der Waals surface area contributed by atoms with Gasteiger partial charge in [-0.1, -0.05) is 101 Å². The second-order valence-electron chi connectivity index (χ2n) is 12.1. The van der Waals surface area contributed by atoms with Crippen LogP contribution in [-0.2, 0) is 5.41 Å². The molecule has 0 aliphatic carbocycles. The molecule has 186 valence electrons. The summed E-state index contributed by atoms with van der Waals surface area (Å²) in [6, 6.07) is 31.7. The minimum absolute atomic E-state index is 0.0435. The van der Waals surface area contributed by atoms with E-state index in [1.54, 1.807) is 5.19 Å². The summed E-state index contributed by atoms with van der Waals surface area (Å²) < 4.78 is 2.61. The quantitative estimate of drug-likeness (QED) is 0.205. The van der Waals surface area contributed by atoms with Gasteiger partial charge in [-0.3, -0.25) is 4.98 Å². The average molecular weight is 526 g/mol. The lowest BCUT2D eigenvalue weighted by Crippen LogP contribution is -2.40. The molecule has 1 nitrogen and oxygen atoms in total. The molecule has 0 amide bonds. The maximum absolute atomic E-state index is 4.96. The van der Waals surface area contributed by atoms with Gasteiger partial charge in [0.1, 0.15) is 8.07 Å². The Labute approximate surface area is 229 Å². The molecule has 4 aromatic carbocycles. The van der Waals surface area contributed by atoms with Crippen molar-refractivity contribution in [2.24, 2.45) is 0 Å². The van der Waals surface area contributed by atoms with Crippen molar-refractivity contribution in [1.82, 2.24) is 4.98 Å². The van der Waals surface area contributed by atoms with Gasteiger partial charge in [0.05, 0.1) is 10.4 Å². The van der Waals surface area contributed by atoms with E-state index >= 15 is 0 Å². The van der Waals surface area contributed by atoms with Gasteiger partial charge in [-0.25, -0.2) is 0 Å². The molecule has 7 rings (SSSR count). The third kappa shape index (κ3) is 3.53. The molecule has 2 aromatic heterocycles. The average Bonchev–Trinajstić information content (AvgIpc) is 3.41. The Morgan fingerprint density at radius 2 is 1.53 bits per heavy atom. The minimum Gasteiger partial charge on any atom is -0.255 e. The van der Waals surface area contributed by atoms with Crippen molar-refractivity contribution in [1.29, 1.82) is 0 Å². The highest BCUT2D eigenvalue weighted by molar-refractivity contribution is 7.26. The van der Waals surface area contributed by atoms with E-state index in [4.69, 9.17) is 4.98 Å². The van der Waals surface area contributed by atoms with Crippen molar-refractivity contribution < 1.29 is 0 Å². The maximum atomic E-state index is 4.96. The Balaban J connectivity index is 1.41. The summed E-state index contributed by atoms with van der Waals surface area (Å²) in [5, 5.41) is 8.30. The number of thiophene rings is 1. The highest BCUT2D eigenvalue weighted by atomic mass is 32.1. The van der Waals surface area contributed by atoms with Gasteiger partial charge in [-0.05, 0) is 67.5 Å². The molecule has 6 aromatic rings. The summed E-state index contributed by atoms with van der Waals surface area (Å²) in [5.41, 5.74) is 6.46. The van der Waals surface area contributed by atoms with Crippen molar-refractivity contribution in [2.45, 2.75) is 39.3 Å². The van der Waals surface area contributed by atoms with Gasteiger partial charge in [0.25, 0.3) is 0 Å². The first-order valence-electron chi connectivity index (χ1n) is 13.4. The topological polar surface area (TPSA) is 12.9 Å². The molecule has 38 heavy (non-hydrogen) atoms. The zero-order chi connectivity index (χ0) is 26.2. The zero-order valence-corrected chi connectivity index (χ0v) is 24.4. The van der Waals surface area contributed by atoms with E-state index in [0.29, 0.717) is 0 Å². The molecule has 3 heteroatoms. The van der Waals surface area contributed by atoms with Crippen LogP contribution in [0.5, 0.6) is 0 Å². The van der Waals surface area contributed by atoms with Gasteiger partial charge >= 0.3 is 0 Å². The molecule has 0 spiro atoms. The first kappa shape index (κ1) is 23.6. The summed E-state index contributed by atoms with van der Waals surface area (Å²) in [6.07, 6.45) is 4.42. The first-order chi connectivity index (χ1) is 18.2. The van der Waals surface area contributed by atoms with Gasteiger partial charge in [0.2, 0.25) is 0 Å². The predicted octanol–water partition coefficient (Wildman–Crippen LogP) is 9.58. The van der Waals surface area contributed by atoms with Gasteiger partial charge < -0.3 is 0 Å². The molecule has 0 fully saturated rings. The third-order valence-corrected chi connectivity index (χ3v) is 13.0. The van der Waals surface area contributed by atoms with Gasteiger partial charge in [0.15, 0.2) is 0 Å². The molecular weight excluding hydrogens is 495 g/mol. The number of pyridine rings is 1. The number of benzene rings is 4. The molecule has 0 saturated heterocycles. The highest BCUT2D eigenvalue weighted by Crippen LogP contribution is 2.43. The van der Waals surface area contributed by atoms with Gasteiger partial charge in [0, 0.05) is 27.2 Å². The second-order valence-corrected chi connectivity index (χ2v) is 17.5. The number of aromatic nitrogens is 1. The van der Waals surface area contributed by atoms with E-state index in [0.717, 1.165) is 5.69 Å². The SMILES string of the molecule is CC(C)(C)c1cc(-c2nccc3c2sc2cc(C4=Cc5ccccc5[Si]4(C)C)ccc23)cc2ccccc12. The summed E-state index contributed by atoms with van der Waals surface area (Å²) in [6.45, 7) is 11.9. The molecule has 3 heterocycles. The molecular formula is C35H31NSSi. The van der Waals surface area contributed by atoms with Crippen LogP contribution in [0, 0.1) is 0 Å². The van der Waals surface area contributed by atoms with E-state index < -0.39 is 8.07 Å². The Hall–Kier alpha value is -3.53. The smallest absolute Gasteiger partial charge is 0.113 e. The summed E-state index contributed by atoms with van der Waals surface area (Å²) >= 11 is 1.88. The van der Waals surface area contributed by atoms with Crippen LogP contribution in [0.4, 0.5) is 0 Å². The van der Waals surface area contributed by atoms with Crippen molar-refractivity contribution in [3.63, 3.8) is 0 Å². The molecule has 0 N–H and O–H groups in total. The molecule has 0 bridgehead atoms. The van der Waals surface area contributed by atoms with Crippen molar-refractivity contribution in [3.8, 4) is 11.3 Å². The number of hydrogen-bond acceptors (Lipinski definition) is 2. The molecule has 0 atom stereocenters. The number of hydrogen-bond donors (Lipinski definition) is 0. The van der Waals surface area contributed by atoms with Crippen molar-refractivity contribution in [2.75, 3.05) is 0 Å². The molecule has 1 aliphatic heterocycles. The molecule has 1 aliphatic rings. The van der Waals surface area contributed by atoms with Crippen LogP contribution in [0.2, 0.25) is 13.1 Å². The van der Waals surface area contributed by atoms with Gasteiger partial charge in [-0.15, -0.1) is 11.3 Å². The van der Waals surface area contributed by atoms with Crippen LogP contribution in [0.1, 0.15) is 37.5 Å². The van der Waals surface area contributed by atoms with Crippen LogP contribution in [0.3, 0.4) is 0 Å². The lowest BCUT2D eigenvalue weighted by Gasteiger charge is -2.22. The van der Waals surface area contributed by atoms with Crippen LogP contribution >= 0.6 is 11.3 Å². The molecule has 0 saturated carbocycles. The van der Waals surface area contributed by atoms with E-state index in [2.05, 4.69) is 125 Å². The second kappa shape index (κ2) is 8.23. The van der Waals surface area contributed by atoms with E-state index in [9.17, 15) is 0 Å². The number of rotatable bonds is 2. The fourth-order valence-corrected chi connectivity index (χ4v) is 10.6. The Morgan fingerprint density at radius 3 is 2.34 bits per heavy atom. The molecule has 0 unspecified atom stereocenters. The Bertz CT molecular complexity index is 1930. The summed E-state index contributed by atoms with van der Waals surface area (Å²) in [4.78, 5) is 4.96. The van der Waals surface area contributed by atoms with Gasteiger partial charge in [-0.2, -0.15) is 0 Å². The first-order valence-corrected chi connectivity index (χ1v) is 17.2. The number of nitrogens with zero attached hydrogens (tertiary/aromatic N) is 1. The normalized spacial score (nSPS) is 14.8. The van der Waals surface area contributed by atoms with E-state index in [-0.39, 0.29) is 5.41 Å². The third-order valence-electron chi connectivity index (χ3n) is 8.25. The van der Waals surface area contributed by atoms with E-state index in [1.165, 1.54) is 58.4 Å². The lowest BCUT2D eigenvalue weighted by molar-refractivity contribution is 0.596. The fraction of sp³-hybridized carbons (Fsp3) is 0.171. The predicted molar refractivity (Wildman–Crippen MR) is 170 cm³/mol. The number of fused-ring (bicyclic) bond motifs is 5. The molecule has 0 radical (unpaired) electrons. The zero-order valence-electron chi connectivity index (χ0n) is 22.6. The van der Waals surface area contributed by atoms with Crippen molar-refractivity contribution >= 4 is 66.8 Å². The minimum atomic E-state index is -1.72. The summed E-state index contributed by atoms with van der Waals surface area (Å²) in [7, 11) is -1.72. The Kier molecular flexibility index (Phi) is 5.11. The maximum Gasteiger partial charge on any atom is 0.113 e. The van der Waals surface area contributed by atoms with Crippen molar-refractivity contribution in [3.05, 3.63) is 108 Å². The van der Waals surface area contributed by atoms with Crippen LogP contribution in [0.25, 0.3) is 53.5 Å². The Morgan fingerprint density at radius 1 is 0.737 bits per heavy atom. The van der Waals surface area contributed by atoms with Crippen LogP contribution < -0.4 is 5.19 Å². The standard InChI is InChI=1S/C35H31NSSi/c1-35(2,3)29-19-25(18-22-10-6-8-12-26(22)29)33-34-28(16-17-36-33)27-15-14-24(20-30(27)37-34)32-21-23-11-7-9-13-31(23)38(32,4)5/h6-21H,1-5H3. The fourth-order valence-electron chi connectivity index (χ4n) is 6.26. The van der Waals surface area contributed by atoms with Crippen LogP contribution in [-0.4, -0.2) is 13.1 Å². The van der Waals surface area contributed by atoms with Crippen LogP contribution in [0.15, 0.2) is 91.1 Å². The highest BCUT2D eigenvalue weighted by Gasteiger charge is 2.35. The monoisotopic (exact) mass is 525 g/mol. The lowest BCUT2D eigenvalue weighted by atomic mass is 9.82. The largest absolute Gasteiger partial charge is 0.255 e. The summed E-state index contributed by atoms with van der Waals surface area (Å²) in [5.74, 6) is 0. The van der Waals surface area contributed by atoms with E-state index in [1.807, 2.05) is 17.5 Å².